The van der Waals surface area contributed by atoms with Crippen molar-refractivity contribution in [2.75, 3.05) is 11.9 Å². The van der Waals surface area contributed by atoms with E-state index >= 15 is 0 Å². The number of nitriles is 1. The fourth-order valence-electron chi connectivity index (χ4n) is 2.39. The molecule has 0 aliphatic carbocycles. The van der Waals surface area contributed by atoms with Gasteiger partial charge in [-0.1, -0.05) is 22.9 Å². The molecule has 7 nitrogen and oxygen atoms in total. The molecule has 0 radical (unpaired) electrons. The van der Waals surface area contributed by atoms with Gasteiger partial charge in [0, 0.05) is 11.9 Å². The van der Waals surface area contributed by atoms with Crippen molar-refractivity contribution in [3.8, 4) is 11.8 Å². The van der Waals surface area contributed by atoms with E-state index in [1.165, 1.54) is 11.8 Å². The van der Waals surface area contributed by atoms with Gasteiger partial charge in [-0.05, 0) is 44.2 Å². The number of hydrogen-bond donors (Lipinski definition) is 1. The molecule has 1 aromatic heterocycles. The number of nitrogens with one attached hydrogen (secondary N) is 1. The fraction of sp³-hybridized carbons (Fsp3) is 0.158. The smallest absolute Gasteiger partial charge is 0.350 e. The third-order valence-corrected chi connectivity index (χ3v) is 3.72. The van der Waals surface area contributed by atoms with E-state index < -0.39 is 5.97 Å². The summed E-state index contributed by atoms with van der Waals surface area (Å²) in [6.45, 7) is 3.93. The van der Waals surface area contributed by atoms with Gasteiger partial charge >= 0.3 is 5.97 Å². The van der Waals surface area contributed by atoms with Gasteiger partial charge in [0.1, 0.15) is 11.6 Å². The van der Waals surface area contributed by atoms with Crippen LogP contribution in [-0.2, 0) is 9.53 Å². The molecule has 7 heteroatoms. The van der Waals surface area contributed by atoms with Crippen molar-refractivity contribution < 1.29 is 9.53 Å². The number of ether oxygens (including phenoxy) is 1. The molecule has 0 aliphatic heterocycles. The predicted octanol–water partition coefficient (Wildman–Crippen LogP) is 3.11. The summed E-state index contributed by atoms with van der Waals surface area (Å²) in [5, 5.41) is 20.3. The van der Waals surface area contributed by atoms with E-state index in [0.29, 0.717) is 11.2 Å². The summed E-state index contributed by atoms with van der Waals surface area (Å²) < 4.78 is 6.58. The third kappa shape index (κ3) is 3.54. The zero-order chi connectivity index (χ0) is 18.5. The van der Waals surface area contributed by atoms with Crippen LogP contribution in [0.1, 0.15) is 12.5 Å². The zero-order valence-electron chi connectivity index (χ0n) is 14.4. The number of esters is 1. The molecule has 3 aromatic rings. The summed E-state index contributed by atoms with van der Waals surface area (Å²) in [5.74, 6) is -0.658. The first-order chi connectivity index (χ1) is 12.6. The number of fused-ring (bicyclic) bond motifs is 1. The van der Waals surface area contributed by atoms with Gasteiger partial charge in [0.15, 0.2) is 5.57 Å². The molecule has 3 rings (SSSR count). The van der Waals surface area contributed by atoms with Gasteiger partial charge in [-0.2, -0.15) is 5.26 Å². The molecule has 0 spiro atoms. The van der Waals surface area contributed by atoms with Crippen molar-refractivity contribution in [2.24, 2.45) is 0 Å². The summed E-state index contributed by atoms with van der Waals surface area (Å²) in [7, 11) is 0. The summed E-state index contributed by atoms with van der Waals surface area (Å²) in [5.41, 5.74) is 4.23. The van der Waals surface area contributed by atoms with Crippen LogP contribution < -0.4 is 5.32 Å². The van der Waals surface area contributed by atoms with Crippen LogP contribution in [-0.4, -0.2) is 27.6 Å². The Morgan fingerprint density at radius 1 is 1.31 bits per heavy atom. The molecule has 0 saturated carbocycles. The van der Waals surface area contributed by atoms with Crippen LogP contribution in [0.3, 0.4) is 0 Å². The molecule has 2 aromatic carbocycles. The van der Waals surface area contributed by atoms with Crippen LogP contribution in [0, 0.1) is 18.3 Å². The minimum Gasteiger partial charge on any atom is -0.462 e. The average molecular weight is 347 g/mol. The SMILES string of the molecule is CCOC(=O)C(C#N)=CNc1ccc2c(c1)nnn2-c1ccc(C)cc1. The lowest BCUT2D eigenvalue weighted by atomic mass is 10.2. The van der Waals surface area contributed by atoms with E-state index in [0.717, 1.165) is 11.2 Å². The van der Waals surface area contributed by atoms with E-state index in [-0.39, 0.29) is 12.2 Å². The molecule has 0 unspecified atom stereocenters. The zero-order valence-corrected chi connectivity index (χ0v) is 14.4. The van der Waals surface area contributed by atoms with E-state index in [9.17, 15) is 4.79 Å². The molecule has 0 aliphatic rings. The first kappa shape index (κ1) is 17.2. The second-order valence-electron chi connectivity index (χ2n) is 5.57. The number of nitrogens with zero attached hydrogens (tertiary/aromatic N) is 4. The van der Waals surface area contributed by atoms with Crippen LogP contribution in [0.5, 0.6) is 0 Å². The molecule has 1 N–H and O–H groups in total. The second kappa shape index (κ2) is 7.49. The van der Waals surface area contributed by atoms with E-state index in [1.54, 1.807) is 17.7 Å². The standard InChI is InChI=1S/C19H17N5O2/c1-3-26-19(25)14(11-20)12-21-15-6-9-18-17(10-15)22-23-24(18)16-7-4-13(2)5-8-16/h4-10,12,21H,3H2,1-2H3. The van der Waals surface area contributed by atoms with Crippen LogP contribution in [0.25, 0.3) is 16.7 Å². The first-order valence-corrected chi connectivity index (χ1v) is 8.09. The number of rotatable bonds is 5. The Morgan fingerprint density at radius 3 is 2.77 bits per heavy atom. The maximum Gasteiger partial charge on any atom is 0.350 e. The number of hydrogen-bond acceptors (Lipinski definition) is 6. The van der Waals surface area contributed by atoms with E-state index in [4.69, 9.17) is 10.00 Å². The van der Waals surface area contributed by atoms with E-state index in [1.807, 2.05) is 49.4 Å². The Morgan fingerprint density at radius 2 is 2.08 bits per heavy atom. The molecular formula is C19H17N5O2. The van der Waals surface area contributed by atoms with Crippen molar-refractivity contribution in [3.63, 3.8) is 0 Å². The van der Waals surface area contributed by atoms with Crippen LogP contribution in [0.15, 0.2) is 54.2 Å². The lowest BCUT2D eigenvalue weighted by Crippen LogP contribution is -2.07. The van der Waals surface area contributed by atoms with Crippen molar-refractivity contribution in [1.29, 1.82) is 5.26 Å². The maximum absolute atomic E-state index is 11.6. The quantitative estimate of drug-likeness (QED) is 0.433. The van der Waals surface area contributed by atoms with Gasteiger partial charge in [0.2, 0.25) is 0 Å². The van der Waals surface area contributed by atoms with Crippen molar-refractivity contribution in [2.45, 2.75) is 13.8 Å². The molecule has 130 valence electrons. The van der Waals surface area contributed by atoms with Crippen LogP contribution >= 0.6 is 0 Å². The number of carbonyl (C=O) groups is 1. The lowest BCUT2D eigenvalue weighted by molar-refractivity contribution is -0.138. The molecular weight excluding hydrogens is 330 g/mol. The van der Waals surface area contributed by atoms with Gasteiger partial charge < -0.3 is 10.1 Å². The molecule has 0 amide bonds. The van der Waals surface area contributed by atoms with Crippen molar-refractivity contribution in [3.05, 3.63) is 59.8 Å². The Kier molecular flexibility index (Phi) is 4.94. The van der Waals surface area contributed by atoms with Gasteiger partial charge in [0.25, 0.3) is 0 Å². The lowest BCUT2D eigenvalue weighted by Gasteiger charge is -2.04. The molecule has 0 bridgehead atoms. The van der Waals surface area contributed by atoms with Crippen molar-refractivity contribution >= 4 is 22.7 Å². The van der Waals surface area contributed by atoms with Crippen LogP contribution in [0.2, 0.25) is 0 Å². The average Bonchev–Trinajstić information content (AvgIpc) is 3.06. The number of aromatic nitrogens is 3. The highest BCUT2D eigenvalue weighted by Crippen LogP contribution is 2.20. The molecule has 1 heterocycles. The van der Waals surface area contributed by atoms with Crippen LogP contribution in [0.4, 0.5) is 5.69 Å². The number of benzene rings is 2. The van der Waals surface area contributed by atoms with E-state index in [2.05, 4.69) is 15.6 Å². The highest BCUT2D eigenvalue weighted by molar-refractivity contribution is 5.93. The highest BCUT2D eigenvalue weighted by Gasteiger charge is 2.10. The molecule has 0 atom stereocenters. The number of carbonyl (C=O) groups excluding carboxylic acids is 1. The Balaban J connectivity index is 1.86. The molecule has 0 fully saturated rings. The van der Waals surface area contributed by atoms with Gasteiger partial charge in [-0.15, -0.1) is 5.10 Å². The number of aryl methyl sites for hydroxylation is 1. The topological polar surface area (TPSA) is 92.8 Å². The van der Waals surface area contributed by atoms with Gasteiger partial charge in [0.05, 0.1) is 17.8 Å². The third-order valence-electron chi connectivity index (χ3n) is 3.72. The van der Waals surface area contributed by atoms with Crippen molar-refractivity contribution in [1.82, 2.24) is 15.0 Å². The van der Waals surface area contributed by atoms with Gasteiger partial charge in [-0.25, -0.2) is 9.48 Å². The molecule has 0 saturated heterocycles. The summed E-state index contributed by atoms with van der Waals surface area (Å²) >= 11 is 0. The highest BCUT2D eigenvalue weighted by atomic mass is 16.5. The normalized spacial score (nSPS) is 11.2. The summed E-state index contributed by atoms with van der Waals surface area (Å²) in [6.07, 6.45) is 1.32. The second-order valence-corrected chi connectivity index (χ2v) is 5.57. The summed E-state index contributed by atoms with van der Waals surface area (Å²) in [6, 6.07) is 15.3. The first-order valence-electron chi connectivity index (χ1n) is 8.09. The minimum absolute atomic E-state index is 0.102. The van der Waals surface area contributed by atoms with Gasteiger partial charge in [-0.3, -0.25) is 0 Å². The Hall–Kier alpha value is -3.66. The monoisotopic (exact) mass is 347 g/mol. The fourth-order valence-corrected chi connectivity index (χ4v) is 2.39. The predicted molar refractivity (Wildman–Crippen MR) is 97.6 cm³/mol. The Labute approximate surface area is 150 Å². The minimum atomic E-state index is -0.658. The number of anilines is 1. The Bertz CT molecular complexity index is 1010. The maximum atomic E-state index is 11.6. The summed E-state index contributed by atoms with van der Waals surface area (Å²) in [4.78, 5) is 11.6. The largest absolute Gasteiger partial charge is 0.462 e. The molecule has 26 heavy (non-hydrogen) atoms.